The van der Waals surface area contributed by atoms with E-state index >= 15 is 0 Å². The summed E-state index contributed by atoms with van der Waals surface area (Å²) in [6.45, 7) is 0. The predicted octanol–water partition coefficient (Wildman–Crippen LogP) is 10.6. The standard InChI is InChI=1S/C34H26S2/c1-3-33(35-23-1)31-19-15-29(16-20-31)27-11-7-25(8-12-27)5-6-26-9-13-28(14-10-26)30-17-21-32(22-18-30)34-4-2-24-36-34/h1-3,5-24,34H,4H2/b6-5+. The Balaban J connectivity index is 1.10. The molecule has 2 heterocycles. The van der Waals surface area contributed by atoms with Crippen molar-refractivity contribution in [1.82, 2.24) is 0 Å². The van der Waals surface area contributed by atoms with E-state index in [2.05, 4.69) is 138 Å². The second-order valence-corrected chi connectivity index (χ2v) is 11.0. The zero-order chi connectivity index (χ0) is 24.2. The number of rotatable bonds is 6. The number of thiophene rings is 1. The largest absolute Gasteiger partial charge is 0.144 e. The molecular weight excluding hydrogens is 473 g/mol. The minimum Gasteiger partial charge on any atom is -0.144 e. The molecular formula is C34H26S2. The van der Waals surface area contributed by atoms with Crippen molar-refractivity contribution >= 4 is 35.3 Å². The molecule has 1 aromatic heterocycles. The third kappa shape index (κ3) is 5.16. The van der Waals surface area contributed by atoms with Crippen LogP contribution < -0.4 is 0 Å². The molecule has 0 N–H and O–H groups in total. The van der Waals surface area contributed by atoms with Gasteiger partial charge in [-0.1, -0.05) is 121 Å². The second kappa shape index (κ2) is 10.6. The summed E-state index contributed by atoms with van der Waals surface area (Å²) >= 11 is 3.69. The van der Waals surface area contributed by atoms with Crippen LogP contribution in [0.2, 0.25) is 0 Å². The molecule has 5 aromatic rings. The van der Waals surface area contributed by atoms with Crippen LogP contribution in [0.4, 0.5) is 0 Å². The average Bonchev–Trinajstić information content (AvgIpc) is 3.68. The molecule has 0 aliphatic carbocycles. The van der Waals surface area contributed by atoms with Gasteiger partial charge in [-0.15, -0.1) is 23.1 Å². The summed E-state index contributed by atoms with van der Waals surface area (Å²) in [5.41, 5.74) is 10.1. The first-order chi connectivity index (χ1) is 17.8. The van der Waals surface area contributed by atoms with Crippen molar-refractivity contribution < 1.29 is 0 Å². The van der Waals surface area contributed by atoms with Crippen LogP contribution in [0, 0.1) is 0 Å². The summed E-state index contributed by atoms with van der Waals surface area (Å²) in [5.74, 6) is 0. The smallest absolute Gasteiger partial charge is 0.0373 e. The molecule has 0 fully saturated rings. The average molecular weight is 499 g/mol. The Morgan fingerprint density at radius 2 is 1.06 bits per heavy atom. The van der Waals surface area contributed by atoms with E-state index in [0.29, 0.717) is 5.25 Å². The summed E-state index contributed by atoms with van der Waals surface area (Å²) in [6, 6.07) is 39.7. The highest BCUT2D eigenvalue weighted by atomic mass is 32.2. The van der Waals surface area contributed by atoms with E-state index in [1.807, 2.05) is 11.8 Å². The SMILES string of the molecule is C1=CSC(c2ccc(-c3ccc(/C=C/c4ccc(-c5ccc(-c6cccs6)cc5)cc4)cc3)cc2)C1. The zero-order valence-corrected chi connectivity index (χ0v) is 21.5. The van der Waals surface area contributed by atoms with Crippen molar-refractivity contribution in [2.45, 2.75) is 11.7 Å². The highest BCUT2D eigenvalue weighted by Crippen LogP contribution is 2.38. The Hall–Kier alpha value is -3.59. The van der Waals surface area contributed by atoms with Gasteiger partial charge in [0.15, 0.2) is 0 Å². The molecule has 1 aliphatic heterocycles. The van der Waals surface area contributed by atoms with Gasteiger partial charge in [0, 0.05) is 10.1 Å². The molecule has 0 amide bonds. The van der Waals surface area contributed by atoms with Gasteiger partial charge in [-0.05, 0) is 67.8 Å². The fraction of sp³-hybridized carbons (Fsp3) is 0.0588. The molecule has 0 radical (unpaired) electrons. The zero-order valence-electron chi connectivity index (χ0n) is 19.9. The van der Waals surface area contributed by atoms with Gasteiger partial charge in [-0.25, -0.2) is 0 Å². The Kier molecular flexibility index (Phi) is 6.71. The molecule has 36 heavy (non-hydrogen) atoms. The van der Waals surface area contributed by atoms with Gasteiger partial charge in [0.05, 0.1) is 0 Å². The summed E-state index contributed by atoms with van der Waals surface area (Å²) < 4.78 is 0. The van der Waals surface area contributed by atoms with Crippen LogP contribution >= 0.6 is 23.1 Å². The summed E-state index contributed by atoms with van der Waals surface area (Å²) in [6.07, 6.45) is 7.76. The summed E-state index contributed by atoms with van der Waals surface area (Å²) in [7, 11) is 0. The third-order valence-electron chi connectivity index (χ3n) is 6.62. The Morgan fingerprint density at radius 3 is 1.53 bits per heavy atom. The van der Waals surface area contributed by atoms with Gasteiger partial charge >= 0.3 is 0 Å². The van der Waals surface area contributed by atoms with E-state index in [1.165, 1.54) is 49.4 Å². The van der Waals surface area contributed by atoms with Crippen LogP contribution in [0.3, 0.4) is 0 Å². The van der Waals surface area contributed by atoms with Gasteiger partial charge in [-0.2, -0.15) is 0 Å². The molecule has 174 valence electrons. The first-order valence-corrected chi connectivity index (χ1v) is 14.1. The Bertz CT molecular complexity index is 1460. The van der Waals surface area contributed by atoms with Crippen molar-refractivity contribution in [2.75, 3.05) is 0 Å². The quantitative estimate of drug-likeness (QED) is 0.210. The number of thioether (sulfide) groups is 1. The topological polar surface area (TPSA) is 0 Å². The third-order valence-corrected chi connectivity index (χ3v) is 8.68. The highest BCUT2D eigenvalue weighted by molar-refractivity contribution is 8.02. The highest BCUT2D eigenvalue weighted by Gasteiger charge is 2.13. The normalized spacial score (nSPS) is 15.1. The Morgan fingerprint density at radius 1 is 0.556 bits per heavy atom. The van der Waals surface area contributed by atoms with Gasteiger partial charge < -0.3 is 0 Å². The minimum atomic E-state index is 0.581. The van der Waals surface area contributed by atoms with Crippen LogP contribution in [-0.2, 0) is 0 Å². The predicted molar refractivity (Wildman–Crippen MR) is 160 cm³/mol. The van der Waals surface area contributed by atoms with E-state index in [-0.39, 0.29) is 0 Å². The van der Waals surface area contributed by atoms with E-state index in [1.54, 1.807) is 11.3 Å². The van der Waals surface area contributed by atoms with Crippen molar-refractivity contribution in [2.24, 2.45) is 0 Å². The molecule has 0 bridgehead atoms. The molecule has 1 atom stereocenters. The maximum Gasteiger partial charge on any atom is 0.0373 e. The van der Waals surface area contributed by atoms with Crippen LogP contribution in [0.1, 0.15) is 28.4 Å². The lowest BCUT2D eigenvalue weighted by Crippen LogP contribution is -1.88. The monoisotopic (exact) mass is 498 g/mol. The van der Waals surface area contributed by atoms with Crippen LogP contribution in [-0.4, -0.2) is 0 Å². The van der Waals surface area contributed by atoms with Crippen molar-refractivity contribution in [3.05, 3.63) is 143 Å². The fourth-order valence-electron chi connectivity index (χ4n) is 4.53. The lowest BCUT2D eigenvalue weighted by Gasteiger charge is -2.10. The molecule has 4 aromatic carbocycles. The molecule has 0 nitrogen and oxygen atoms in total. The molecule has 0 saturated heterocycles. The first kappa shape index (κ1) is 22.8. The molecule has 0 saturated carbocycles. The van der Waals surface area contributed by atoms with Crippen molar-refractivity contribution in [1.29, 1.82) is 0 Å². The summed E-state index contributed by atoms with van der Waals surface area (Å²) in [4.78, 5) is 1.31. The van der Waals surface area contributed by atoms with E-state index in [9.17, 15) is 0 Å². The minimum absolute atomic E-state index is 0.581. The molecule has 1 aliphatic rings. The van der Waals surface area contributed by atoms with E-state index < -0.39 is 0 Å². The molecule has 1 unspecified atom stereocenters. The van der Waals surface area contributed by atoms with Crippen LogP contribution in [0.25, 0.3) is 44.8 Å². The first-order valence-electron chi connectivity index (χ1n) is 12.3. The lowest BCUT2D eigenvalue weighted by molar-refractivity contribution is 0.991. The van der Waals surface area contributed by atoms with Crippen LogP contribution in [0.5, 0.6) is 0 Å². The fourth-order valence-corrected chi connectivity index (χ4v) is 6.21. The lowest BCUT2D eigenvalue weighted by atomic mass is 10.00. The van der Waals surface area contributed by atoms with Gasteiger partial charge in [0.25, 0.3) is 0 Å². The number of hydrogen-bond donors (Lipinski definition) is 0. The van der Waals surface area contributed by atoms with Crippen molar-refractivity contribution in [3.63, 3.8) is 0 Å². The number of allylic oxidation sites excluding steroid dienone is 1. The van der Waals surface area contributed by atoms with E-state index in [0.717, 1.165) is 6.42 Å². The second-order valence-electron chi connectivity index (χ2n) is 8.99. The number of hydrogen-bond acceptors (Lipinski definition) is 2. The van der Waals surface area contributed by atoms with Gasteiger partial charge in [0.2, 0.25) is 0 Å². The van der Waals surface area contributed by atoms with Gasteiger partial charge in [-0.3, -0.25) is 0 Å². The van der Waals surface area contributed by atoms with Gasteiger partial charge in [0.1, 0.15) is 0 Å². The number of benzene rings is 4. The van der Waals surface area contributed by atoms with Crippen LogP contribution in [0.15, 0.2) is 126 Å². The maximum absolute atomic E-state index is 2.27. The maximum atomic E-state index is 2.27. The Labute approximate surface area is 221 Å². The molecule has 0 spiro atoms. The summed E-state index contributed by atoms with van der Waals surface area (Å²) in [5, 5.41) is 4.92. The molecule has 6 rings (SSSR count). The van der Waals surface area contributed by atoms with Crippen molar-refractivity contribution in [3.8, 4) is 32.7 Å². The molecule has 2 heteroatoms. The van der Waals surface area contributed by atoms with E-state index in [4.69, 9.17) is 0 Å².